The van der Waals surface area contributed by atoms with Gasteiger partial charge in [0.15, 0.2) is 0 Å². The lowest BCUT2D eigenvalue weighted by Crippen LogP contribution is -2.22. The van der Waals surface area contributed by atoms with E-state index in [0.717, 1.165) is 11.1 Å². The maximum Gasteiger partial charge on any atom is 0.124 e. The van der Waals surface area contributed by atoms with Crippen molar-refractivity contribution in [3.8, 4) is 0 Å². The molecular weight excluding hydrogens is 280 g/mol. The lowest BCUT2D eigenvalue weighted by Gasteiger charge is -2.21. The molecule has 0 heterocycles. The molecule has 1 N–H and O–H groups in total. The molecule has 0 amide bonds. The zero-order chi connectivity index (χ0) is 14.7. The number of hydrogen-bond acceptors (Lipinski definition) is 1. The molecule has 1 nitrogen and oxygen atoms in total. The van der Waals surface area contributed by atoms with Gasteiger partial charge in [0, 0.05) is 17.1 Å². The van der Waals surface area contributed by atoms with Gasteiger partial charge in [-0.25, -0.2) is 8.78 Å². The summed E-state index contributed by atoms with van der Waals surface area (Å²) in [7, 11) is 0. The highest BCUT2D eigenvalue weighted by Crippen LogP contribution is 2.26. The molecule has 0 bridgehead atoms. The van der Waals surface area contributed by atoms with E-state index < -0.39 is 0 Å². The summed E-state index contributed by atoms with van der Waals surface area (Å²) in [5, 5.41) is 3.71. The van der Waals surface area contributed by atoms with Crippen LogP contribution in [0, 0.1) is 11.6 Å². The van der Waals surface area contributed by atoms with E-state index in [4.69, 9.17) is 11.6 Å². The summed E-state index contributed by atoms with van der Waals surface area (Å²) in [4.78, 5) is 0. The highest BCUT2D eigenvalue weighted by molar-refractivity contribution is 6.31. The molecule has 1 unspecified atom stereocenters. The van der Waals surface area contributed by atoms with Crippen LogP contribution in [0.4, 0.5) is 8.78 Å². The van der Waals surface area contributed by atoms with Crippen LogP contribution in [-0.4, -0.2) is 0 Å². The largest absolute Gasteiger partial charge is 0.304 e. The summed E-state index contributed by atoms with van der Waals surface area (Å²) in [6, 6.07) is 10.7. The normalized spacial score (nSPS) is 14.1. The van der Waals surface area contributed by atoms with Crippen LogP contribution in [0.3, 0.4) is 0 Å². The Balaban J connectivity index is 2.12. The first-order valence-corrected chi connectivity index (χ1v) is 6.81. The van der Waals surface area contributed by atoms with E-state index in [1.54, 1.807) is 12.1 Å². The highest BCUT2D eigenvalue weighted by Gasteiger charge is 2.14. The van der Waals surface area contributed by atoms with Gasteiger partial charge in [0.05, 0.1) is 0 Å². The molecule has 106 valence electrons. The lowest BCUT2D eigenvalue weighted by atomic mass is 10.0. The first-order valence-electron chi connectivity index (χ1n) is 6.44. The Morgan fingerprint density at radius 1 is 0.950 bits per heavy atom. The predicted molar refractivity (Wildman–Crippen MR) is 77.8 cm³/mol. The fourth-order valence-electron chi connectivity index (χ4n) is 2.19. The maximum absolute atomic E-state index is 13.2. The molecule has 20 heavy (non-hydrogen) atoms. The average molecular weight is 296 g/mol. The third-order valence-electron chi connectivity index (χ3n) is 3.28. The Kier molecular flexibility index (Phi) is 4.73. The molecule has 0 fully saturated rings. The fraction of sp³-hybridized carbons (Fsp3) is 0.250. The molecule has 0 aliphatic heterocycles. The van der Waals surface area contributed by atoms with Crippen molar-refractivity contribution >= 4 is 11.6 Å². The van der Waals surface area contributed by atoms with Crippen LogP contribution < -0.4 is 5.32 Å². The van der Waals surface area contributed by atoms with Crippen LogP contribution in [0.5, 0.6) is 0 Å². The minimum absolute atomic E-state index is 0.0400. The van der Waals surface area contributed by atoms with Crippen LogP contribution in [0.15, 0.2) is 42.5 Å². The predicted octanol–water partition coefficient (Wildman–Crippen LogP) is 5.03. The molecule has 2 rings (SSSR count). The van der Waals surface area contributed by atoms with Crippen molar-refractivity contribution in [1.29, 1.82) is 0 Å². The number of halogens is 3. The lowest BCUT2D eigenvalue weighted by molar-refractivity contribution is 0.491. The first-order chi connectivity index (χ1) is 9.47. The van der Waals surface area contributed by atoms with Crippen LogP contribution >= 0.6 is 11.6 Å². The molecule has 2 aromatic carbocycles. The molecular formula is C16H16ClF2N. The standard InChI is InChI=1S/C16H16ClF2N/c1-10(12-4-3-5-13(18)8-12)20-11(2)15-7-6-14(19)9-16(15)17/h3-11,20H,1-2H3/t10-,11?/m0/s1. The second kappa shape index (κ2) is 6.33. The Morgan fingerprint density at radius 3 is 2.30 bits per heavy atom. The second-order valence-corrected chi connectivity index (χ2v) is 5.24. The summed E-state index contributed by atoms with van der Waals surface area (Å²) in [5.41, 5.74) is 1.67. The van der Waals surface area contributed by atoms with Crippen molar-refractivity contribution in [2.45, 2.75) is 25.9 Å². The van der Waals surface area contributed by atoms with Crippen molar-refractivity contribution in [3.63, 3.8) is 0 Å². The topological polar surface area (TPSA) is 12.0 Å². The van der Waals surface area contributed by atoms with Gasteiger partial charge in [-0.3, -0.25) is 0 Å². The van der Waals surface area contributed by atoms with Crippen molar-refractivity contribution in [2.75, 3.05) is 0 Å². The first kappa shape index (κ1) is 14.9. The third-order valence-corrected chi connectivity index (χ3v) is 3.61. The minimum Gasteiger partial charge on any atom is -0.304 e. The molecule has 0 radical (unpaired) electrons. The van der Waals surface area contributed by atoms with E-state index in [1.807, 2.05) is 19.9 Å². The number of benzene rings is 2. The third kappa shape index (κ3) is 3.56. The van der Waals surface area contributed by atoms with Gasteiger partial charge >= 0.3 is 0 Å². The van der Waals surface area contributed by atoms with Gasteiger partial charge < -0.3 is 5.32 Å². The fourth-order valence-corrected chi connectivity index (χ4v) is 2.52. The molecule has 0 aromatic heterocycles. The van der Waals surface area contributed by atoms with E-state index in [-0.39, 0.29) is 23.7 Å². The molecule has 0 saturated heterocycles. The van der Waals surface area contributed by atoms with Crippen molar-refractivity contribution < 1.29 is 8.78 Å². The number of nitrogens with one attached hydrogen (secondary N) is 1. The summed E-state index contributed by atoms with van der Waals surface area (Å²) < 4.78 is 26.2. The summed E-state index contributed by atoms with van der Waals surface area (Å²) >= 11 is 6.04. The number of rotatable bonds is 4. The number of hydrogen-bond donors (Lipinski definition) is 1. The van der Waals surface area contributed by atoms with E-state index in [0.29, 0.717) is 5.02 Å². The SMILES string of the molecule is CC(N[C@@H](C)c1cccc(F)c1)c1ccc(F)cc1Cl. The summed E-state index contributed by atoms with van der Waals surface area (Å²) in [5.74, 6) is -0.618. The molecule has 4 heteroatoms. The molecule has 0 spiro atoms. The van der Waals surface area contributed by atoms with E-state index in [1.165, 1.54) is 24.3 Å². The van der Waals surface area contributed by atoms with Crippen molar-refractivity contribution in [1.82, 2.24) is 5.32 Å². The molecule has 0 saturated carbocycles. The van der Waals surface area contributed by atoms with Gasteiger partial charge in [-0.2, -0.15) is 0 Å². The highest BCUT2D eigenvalue weighted by atomic mass is 35.5. The summed E-state index contributed by atoms with van der Waals surface area (Å²) in [6.45, 7) is 3.89. The zero-order valence-corrected chi connectivity index (χ0v) is 12.1. The van der Waals surface area contributed by atoms with Crippen LogP contribution in [0.25, 0.3) is 0 Å². The average Bonchev–Trinajstić information content (AvgIpc) is 2.38. The zero-order valence-electron chi connectivity index (χ0n) is 11.3. The van der Waals surface area contributed by atoms with Gasteiger partial charge in [-0.05, 0) is 49.2 Å². The van der Waals surface area contributed by atoms with Gasteiger partial charge in [-0.1, -0.05) is 29.8 Å². The monoisotopic (exact) mass is 295 g/mol. The molecule has 0 aliphatic rings. The smallest absolute Gasteiger partial charge is 0.124 e. The Morgan fingerprint density at radius 2 is 1.65 bits per heavy atom. The van der Waals surface area contributed by atoms with Gasteiger partial charge in [0.1, 0.15) is 11.6 Å². The molecule has 2 atom stereocenters. The summed E-state index contributed by atoms with van der Waals surface area (Å²) in [6.07, 6.45) is 0. The maximum atomic E-state index is 13.2. The van der Waals surface area contributed by atoms with E-state index in [9.17, 15) is 8.78 Å². The second-order valence-electron chi connectivity index (χ2n) is 4.83. The van der Waals surface area contributed by atoms with Crippen molar-refractivity contribution in [3.05, 3.63) is 70.2 Å². The van der Waals surface area contributed by atoms with Gasteiger partial charge in [0.2, 0.25) is 0 Å². The van der Waals surface area contributed by atoms with Crippen molar-refractivity contribution in [2.24, 2.45) is 0 Å². The Labute approximate surface area is 122 Å². The van der Waals surface area contributed by atoms with Gasteiger partial charge in [-0.15, -0.1) is 0 Å². The van der Waals surface area contributed by atoms with E-state index in [2.05, 4.69) is 5.32 Å². The van der Waals surface area contributed by atoms with Crippen LogP contribution in [0.2, 0.25) is 5.02 Å². The quantitative estimate of drug-likeness (QED) is 0.834. The molecule has 2 aromatic rings. The minimum atomic E-state index is -0.357. The van der Waals surface area contributed by atoms with Gasteiger partial charge in [0.25, 0.3) is 0 Å². The van der Waals surface area contributed by atoms with E-state index >= 15 is 0 Å². The van der Waals surface area contributed by atoms with Crippen LogP contribution in [-0.2, 0) is 0 Å². The molecule has 0 aliphatic carbocycles. The Hall–Kier alpha value is -1.45. The Bertz CT molecular complexity index is 601. The van der Waals surface area contributed by atoms with Crippen LogP contribution in [0.1, 0.15) is 37.1 Å².